The molecule has 28 heavy (non-hydrogen) atoms. The van der Waals surface area contributed by atoms with Crippen molar-refractivity contribution in [2.75, 3.05) is 14.1 Å². The summed E-state index contributed by atoms with van der Waals surface area (Å²) in [6.45, 7) is 1.43. The van der Waals surface area contributed by atoms with E-state index in [1.54, 1.807) is 32.3 Å². The summed E-state index contributed by atoms with van der Waals surface area (Å²) in [5.74, 6) is -0.328. The molecule has 2 N–H and O–H groups in total. The second-order valence-corrected chi connectivity index (χ2v) is 6.54. The minimum atomic E-state index is -4.45. The van der Waals surface area contributed by atoms with Crippen LogP contribution in [0.15, 0.2) is 47.6 Å². The number of fused-ring (bicyclic) bond motifs is 1. The standard InChI is InChI=1S/C20H18F3N3O2/c1-11(27)13-6-9-16-15(10-13)17(19(28)24-16)18(25-26(2)3)12-4-7-14(8-5-12)20(21,22)23/h4-10,24,28H,1-3H3/b25-18+. The van der Waals surface area contributed by atoms with Crippen LogP contribution in [-0.4, -0.2) is 40.7 Å². The Bertz CT molecular complexity index is 1060. The lowest BCUT2D eigenvalue weighted by Gasteiger charge is -2.13. The fourth-order valence-corrected chi connectivity index (χ4v) is 2.91. The molecule has 1 aromatic heterocycles. The summed E-state index contributed by atoms with van der Waals surface area (Å²) in [7, 11) is 3.33. The molecule has 0 aliphatic carbocycles. The van der Waals surface area contributed by atoms with Gasteiger partial charge in [0.05, 0.1) is 11.1 Å². The van der Waals surface area contributed by atoms with E-state index in [9.17, 15) is 23.1 Å². The highest BCUT2D eigenvalue weighted by Crippen LogP contribution is 2.33. The quantitative estimate of drug-likeness (QED) is 0.395. The number of halogens is 3. The van der Waals surface area contributed by atoms with E-state index in [0.29, 0.717) is 27.6 Å². The van der Waals surface area contributed by atoms with Crippen LogP contribution >= 0.6 is 0 Å². The molecule has 1 heterocycles. The molecule has 0 saturated carbocycles. The lowest BCUT2D eigenvalue weighted by Crippen LogP contribution is -2.12. The number of aromatic nitrogens is 1. The maximum Gasteiger partial charge on any atom is 0.416 e. The number of hydrogen-bond donors (Lipinski definition) is 2. The van der Waals surface area contributed by atoms with Gasteiger partial charge in [-0.2, -0.15) is 18.3 Å². The number of benzene rings is 2. The minimum Gasteiger partial charge on any atom is -0.494 e. The van der Waals surface area contributed by atoms with E-state index >= 15 is 0 Å². The molecule has 3 rings (SSSR count). The predicted molar refractivity (Wildman–Crippen MR) is 101 cm³/mol. The van der Waals surface area contributed by atoms with Crippen molar-refractivity contribution in [3.8, 4) is 5.88 Å². The zero-order valence-electron chi connectivity index (χ0n) is 15.4. The molecule has 0 amide bonds. The van der Waals surface area contributed by atoms with Gasteiger partial charge in [-0.3, -0.25) is 4.79 Å². The fraction of sp³-hybridized carbons (Fsp3) is 0.200. The van der Waals surface area contributed by atoms with E-state index in [1.165, 1.54) is 24.1 Å². The molecule has 0 unspecified atom stereocenters. The lowest BCUT2D eigenvalue weighted by atomic mass is 9.98. The number of hydrogen-bond acceptors (Lipinski definition) is 4. The highest BCUT2D eigenvalue weighted by molar-refractivity contribution is 6.21. The molecular formula is C20H18F3N3O2. The van der Waals surface area contributed by atoms with Gasteiger partial charge in [-0.05, 0) is 37.3 Å². The first-order valence-electron chi connectivity index (χ1n) is 8.37. The maximum absolute atomic E-state index is 12.9. The second-order valence-electron chi connectivity index (χ2n) is 6.54. The van der Waals surface area contributed by atoms with Gasteiger partial charge >= 0.3 is 6.18 Å². The molecule has 0 saturated heterocycles. The third-order valence-corrected chi connectivity index (χ3v) is 4.21. The van der Waals surface area contributed by atoms with Crippen LogP contribution in [0.3, 0.4) is 0 Å². The highest BCUT2D eigenvalue weighted by Gasteiger charge is 2.30. The number of nitrogens with one attached hydrogen (secondary N) is 1. The number of nitrogens with zero attached hydrogens (tertiary/aromatic N) is 2. The third kappa shape index (κ3) is 3.71. The smallest absolute Gasteiger partial charge is 0.416 e. The van der Waals surface area contributed by atoms with Crippen molar-refractivity contribution < 1.29 is 23.1 Å². The number of ketones is 1. The zero-order chi connectivity index (χ0) is 20.6. The lowest BCUT2D eigenvalue weighted by molar-refractivity contribution is -0.137. The minimum absolute atomic E-state index is 0.144. The first kappa shape index (κ1) is 19.5. The molecule has 2 aromatic carbocycles. The van der Waals surface area contributed by atoms with Crippen molar-refractivity contribution in [3.63, 3.8) is 0 Å². The second kappa shape index (κ2) is 7.03. The van der Waals surface area contributed by atoms with E-state index in [-0.39, 0.29) is 17.4 Å². The third-order valence-electron chi connectivity index (χ3n) is 4.21. The largest absolute Gasteiger partial charge is 0.494 e. The number of alkyl halides is 3. The summed E-state index contributed by atoms with van der Waals surface area (Å²) >= 11 is 0. The Balaban J connectivity index is 2.22. The molecule has 8 heteroatoms. The summed E-state index contributed by atoms with van der Waals surface area (Å²) < 4.78 is 38.6. The van der Waals surface area contributed by atoms with Crippen LogP contribution in [0.1, 0.15) is 34.0 Å². The number of aromatic hydroxyl groups is 1. The van der Waals surface area contributed by atoms with Crippen LogP contribution in [0.2, 0.25) is 0 Å². The number of rotatable bonds is 4. The van der Waals surface area contributed by atoms with Gasteiger partial charge in [0.25, 0.3) is 0 Å². The molecule has 0 radical (unpaired) electrons. The van der Waals surface area contributed by atoms with Crippen LogP contribution in [0.5, 0.6) is 5.88 Å². The van der Waals surface area contributed by atoms with Crippen molar-refractivity contribution >= 4 is 22.4 Å². The topological polar surface area (TPSA) is 68.7 Å². The first-order chi connectivity index (χ1) is 13.1. The van der Waals surface area contributed by atoms with Gasteiger partial charge in [-0.15, -0.1) is 0 Å². The van der Waals surface area contributed by atoms with E-state index in [1.807, 2.05) is 0 Å². The summed E-state index contributed by atoms with van der Waals surface area (Å²) in [6.07, 6.45) is -4.45. The Hall–Kier alpha value is -3.29. The SMILES string of the molecule is CC(=O)c1ccc2[nH]c(O)c(/C(=N/N(C)C)c3ccc(C(F)(F)F)cc3)c2c1. The van der Waals surface area contributed by atoms with Crippen LogP contribution in [0.4, 0.5) is 13.2 Å². The van der Waals surface area contributed by atoms with Crippen LogP contribution in [0, 0.1) is 0 Å². The predicted octanol–water partition coefficient (Wildman–Crippen LogP) is 4.41. The van der Waals surface area contributed by atoms with Crippen molar-refractivity contribution in [2.24, 2.45) is 5.10 Å². The first-order valence-corrected chi connectivity index (χ1v) is 8.37. The molecule has 0 spiro atoms. The number of carbonyl (C=O) groups excluding carboxylic acids is 1. The van der Waals surface area contributed by atoms with E-state index in [2.05, 4.69) is 10.1 Å². The zero-order valence-corrected chi connectivity index (χ0v) is 15.4. The molecule has 0 fully saturated rings. The van der Waals surface area contributed by atoms with Gasteiger partial charge in [0.15, 0.2) is 11.7 Å². The van der Waals surface area contributed by atoms with E-state index < -0.39 is 11.7 Å². The maximum atomic E-state index is 12.9. The normalized spacial score (nSPS) is 12.4. The van der Waals surface area contributed by atoms with Crippen molar-refractivity contribution in [1.29, 1.82) is 0 Å². The molecular weight excluding hydrogens is 371 g/mol. The van der Waals surface area contributed by atoms with Gasteiger partial charge in [0.1, 0.15) is 5.71 Å². The Labute approximate surface area is 159 Å². The Morgan fingerprint density at radius 3 is 2.21 bits per heavy atom. The molecule has 0 bridgehead atoms. The number of carbonyl (C=O) groups is 1. The van der Waals surface area contributed by atoms with Gasteiger partial charge in [-0.25, -0.2) is 0 Å². The summed E-state index contributed by atoms with van der Waals surface area (Å²) in [5, 5.41) is 16.9. The van der Waals surface area contributed by atoms with Crippen molar-refractivity contribution in [2.45, 2.75) is 13.1 Å². The summed E-state index contributed by atoms with van der Waals surface area (Å²) in [5.41, 5.74) is 1.24. The Kier molecular flexibility index (Phi) is 4.89. The average molecular weight is 389 g/mol. The molecule has 3 aromatic rings. The van der Waals surface area contributed by atoms with E-state index in [4.69, 9.17) is 0 Å². The molecule has 146 valence electrons. The van der Waals surface area contributed by atoms with Gasteiger partial charge in [-0.1, -0.05) is 12.1 Å². The molecule has 5 nitrogen and oxygen atoms in total. The number of Topliss-reactive ketones (excluding diaryl/α,β-unsaturated/α-hetero) is 1. The summed E-state index contributed by atoms with van der Waals surface area (Å²) in [6, 6.07) is 9.45. The molecule has 0 aliphatic rings. The van der Waals surface area contributed by atoms with Gasteiger partial charge < -0.3 is 15.1 Å². The van der Waals surface area contributed by atoms with Crippen LogP contribution in [-0.2, 0) is 6.18 Å². The number of hydrazone groups is 1. The van der Waals surface area contributed by atoms with Gasteiger partial charge in [0.2, 0.25) is 0 Å². The van der Waals surface area contributed by atoms with Crippen molar-refractivity contribution in [1.82, 2.24) is 9.99 Å². The Morgan fingerprint density at radius 1 is 1.07 bits per heavy atom. The van der Waals surface area contributed by atoms with Crippen LogP contribution in [0.25, 0.3) is 10.9 Å². The number of aromatic amines is 1. The Morgan fingerprint density at radius 2 is 1.68 bits per heavy atom. The number of H-pyrrole nitrogens is 1. The monoisotopic (exact) mass is 389 g/mol. The van der Waals surface area contributed by atoms with Gasteiger partial charge in [0, 0.05) is 36.1 Å². The average Bonchev–Trinajstić information content (AvgIpc) is 2.93. The molecule has 0 aliphatic heterocycles. The van der Waals surface area contributed by atoms with Crippen LogP contribution < -0.4 is 0 Å². The molecule has 0 atom stereocenters. The van der Waals surface area contributed by atoms with E-state index in [0.717, 1.165) is 12.1 Å². The summed E-state index contributed by atoms with van der Waals surface area (Å²) in [4.78, 5) is 14.6. The highest BCUT2D eigenvalue weighted by atomic mass is 19.4. The van der Waals surface area contributed by atoms with Crippen molar-refractivity contribution in [3.05, 3.63) is 64.7 Å². The fourth-order valence-electron chi connectivity index (χ4n) is 2.91.